The molecule has 0 fully saturated rings. The first-order valence-corrected chi connectivity index (χ1v) is 13.9. The number of ketones is 2. The van der Waals surface area contributed by atoms with Crippen molar-refractivity contribution in [2.45, 2.75) is 38.8 Å². The van der Waals surface area contributed by atoms with E-state index >= 15 is 0 Å². The highest BCUT2D eigenvalue weighted by Gasteiger charge is 2.24. The summed E-state index contributed by atoms with van der Waals surface area (Å²) in [4.78, 5) is 26.6. The minimum Gasteiger partial charge on any atom is -0.294 e. The minimum absolute atomic E-state index is 0.198. The fourth-order valence-corrected chi connectivity index (χ4v) is 5.84. The zero-order valence-corrected chi connectivity index (χ0v) is 21.0. The second-order valence-corrected chi connectivity index (χ2v) is 11.3. The van der Waals surface area contributed by atoms with Gasteiger partial charge >= 0.3 is 20.6 Å². The van der Waals surface area contributed by atoms with Crippen LogP contribution in [0.25, 0.3) is 32.3 Å². The molecule has 190 valence electrons. The van der Waals surface area contributed by atoms with Gasteiger partial charge in [-0.25, -0.2) is 0 Å². The highest BCUT2D eigenvalue weighted by Crippen LogP contribution is 2.38. The maximum Gasteiger partial charge on any atom is 0.333 e. The van der Waals surface area contributed by atoms with Crippen LogP contribution in [0.5, 0.6) is 0 Å². The van der Waals surface area contributed by atoms with Gasteiger partial charge in [-0.1, -0.05) is 42.5 Å². The zero-order chi connectivity index (χ0) is 26.4. The SMILES string of the molecule is CC(CC(=O)c1cc(C(=O)CC(C)NS(=O)(=O)O)c2ccc3cccc4ccc1c2c43)NS(=O)(=O)O. The van der Waals surface area contributed by atoms with Gasteiger partial charge in [0.1, 0.15) is 0 Å². The van der Waals surface area contributed by atoms with Gasteiger partial charge in [0.15, 0.2) is 11.6 Å². The molecule has 0 radical (unpaired) electrons. The van der Waals surface area contributed by atoms with E-state index < -0.39 is 44.3 Å². The largest absolute Gasteiger partial charge is 0.333 e. The van der Waals surface area contributed by atoms with Crippen LogP contribution in [0.4, 0.5) is 0 Å². The number of rotatable bonds is 10. The average molecular weight is 533 g/mol. The van der Waals surface area contributed by atoms with Gasteiger partial charge in [-0.2, -0.15) is 26.3 Å². The second kappa shape index (κ2) is 9.47. The highest BCUT2D eigenvalue weighted by molar-refractivity contribution is 7.84. The molecule has 4 N–H and O–H groups in total. The Labute approximate surface area is 207 Å². The highest BCUT2D eigenvalue weighted by atomic mass is 32.2. The van der Waals surface area contributed by atoms with Crippen LogP contribution in [0.3, 0.4) is 0 Å². The van der Waals surface area contributed by atoms with Crippen molar-refractivity contribution >= 4 is 64.5 Å². The summed E-state index contributed by atoms with van der Waals surface area (Å²) < 4.78 is 66.7. The Hall–Kier alpha value is -3.00. The van der Waals surface area contributed by atoms with Crippen LogP contribution in [0.1, 0.15) is 47.4 Å². The molecule has 4 rings (SSSR count). The van der Waals surface area contributed by atoms with Crippen molar-refractivity contribution in [1.82, 2.24) is 9.44 Å². The third-order valence-corrected chi connectivity index (χ3v) is 7.33. The molecule has 0 aromatic heterocycles. The van der Waals surface area contributed by atoms with Crippen LogP contribution in [0.15, 0.2) is 48.5 Å². The second-order valence-electron chi connectivity index (χ2n) is 8.89. The molecule has 36 heavy (non-hydrogen) atoms. The average Bonchev–Trinajstić information content (AvgIpc) is 2.74. The van der Waals surface area contributed by atoms with Gasteiger partial charge in [-0.15, -0.1) is 0 Å². The van der Waals surface area contributed by atoms with Crippen molar-refractivity contribution in [2.24, 2.45) is 0 Å². The van der Waals surface area contributed by atoms with Crippen molar-refractivity contribution in [1.29, 1.82) is 0 Å². The maximum atomic E-state index is 13.3. The van der Waals surface area contributed by atoms with Crippen molar-refractivity contribution in [3.8, 4) is 0 Å². The third-order valence-electron chi connectivity index (χ3n) is 5.93. The van der Waals surface area contributed by atoms with Crippen LogP contribution in [-0.2, 0) is 20.6 Å². The molecule has 0 heterocycles. The number of benzene rings is 4. The molecule has 2 unspecified atom stereocenters. The lowest BCUT2D eigenvalue weighted by Crippen LogP contribution is -2.34. The molecule has 0 spiro atoms. The molecule has 0 amide bonds. The van der Waals surface area contributed by atoms with Crippen LogP contribution in [-0.4, -0.2) is 49.6 Å². The number of carbonyl (C=O) groups excluding carboxylic acids is 2. The number of hydrogen-bond donors (Lipinski definition) is 4. The molecule has 10 nitrogen and oxygen atoms in total. The maximum absolute atomic E-state index is 13.3. The first-order chi connectivity index (χ1) is 16.7. The smallest absolute Gasteiger partial charge is 0.294 e. The molecule has 0 bridgehead atoms. The number of nitrogens with one attached hydrogen (secondary N) is 2. The van der Waals surface area contributed by atoms with E-state index in [1.807, 2.05) is 39.8 Å². The van der Waals surface area contributed by atoms with Gasteiger partial charge < -0.3 is 0 Å². The van der Waals surface area contributed by atoms with Crippen LogP contribution in [0, 0.1) is 0 Å². The normalized spacial score (nSPS) is 14.4. The van der Waals surface area contributed by atoms with Gasteiger partial charge in [0.2, 0.25) is 0 Å². The quantitative estimate of drug-likeness (QED) is 0.137. The van der Waals surface area contributed by atoms with Crippen LogP contribution in [0.2, 0.25) is 0 Å². The van der Waals surface area contributed by atoms with Crippen molar-refractivity contribution in [3.05, 3.63) is 59.7 Å². The Balaban J connectivity index is 1.89. The van der Waals surface area contributed by atoms with Crippen molar-refractivity contribution < 1.29 is 35.5 Å². The first-order valence-electron chi connectivity index (χ1n) is 11.0. The fraction of sp³-hybridized carbons (Fsp3) is 0.250. The van der Waals surface area contributed by atoms with Crippen LogP contribution >= 0.6 is 0 Å². The standard InChI is InChI=1S/C24H24N2O8S2/c1-13(25-35(29,30)31)10-21(27)19-12-20(22(28)11-14(2)26-36(32,33)34)18-9-7-16-5-3-4-15-6-8-17(19)24(18)23(15)16/h3-9,12-14,25-26H,10-11H2,1-2H3,(H,29,30,31)(H,32,33,34). The summed E-state index contributed by atoms with van der Waals surface area (Å²) >= 11 is 0. The number of carbonyl (C=O) groups is 2. The Kier molecular flexibility index (Phi) is 6.86. The lowest BCUT2D eigenvalue weighted by molar-refractivity contribution is 0.0974. The molecule has 0 saturated carbocycles. The molecular formula is C24H24N2O8S2. The van der Waals surface area contributed by atoms with Gasteiger partial charge in [-0.3, -0.25) is 18.7 Å². The van der Waals surface area contributed by atoms with E-state index in [9.17, 15) is 26.4 Å². The molecule has 4 aromatic rings. The summed E-state index contributed by atoms with van der Waals surface area (Å²) in [6.07, 6.45) is -0.559. The monoisotopic (exact) mass is 532 g/mol. The van der Waals surface area contributed by atoms with E-state index in [1.54, 1.807) is 12.1 Å². The van der Waals surface area contributed by atoms with Gasteiger partial charge in [0.05, 0.1) is 0 Å². The predicted molar refractivity (Wildman–Crippen MR) is 136 cm³/mol. The fourth-order valence-electron chi connectivity index (χ4n) is 4.66. The van der Waals surface area contributed by atoms with Gasteiger partial charge in [0.25, 0.3) is 0 Å². The number of Topliss-reactive ketones (excluding diaryl/α,β-unsaturated/α-hetero) is 2. The summed E-state index contributed by atoms with van der Waals surface area (Å²) in [6.45, 7) is 2.85. The van der Waals surface area contributed by atoms with Crippen LogP contribution < -0.4 is 9.44 Å². The molecule has 2 atom stereocenters. The molecule has 0 aliphatic carbocycles. The van der Waals surface area contributed by atoms with E-state index in [1.165, 1.54) is 19.9 Å². The predicted octanol–water partition coefficient (Wildman–Crippen LogP) is 3.29. The Morgan fingerprint density at radius 2 is 1.14 bits per heavy atom. The third kappa shape index (κ3) is 5.53. The molecule has 0 aliphatic rings. The Bertz CT molecular complexity index is 1600. The Morgan fingerprint density at radius 3 is 1.53 bits per heavy atom. The Morgan fingerprint density at radius 1 is 0.722 bits per heavy atom. The molecular weight excluding hydrogens is 508 g/mol. The summed E-state index contributed by atoms with van der Waals surface area (Å²) in [5, 5.41) is 4.50. The van der Waals surface area contributed by atoms with Crippen molar-refractivity contribution in [2.75, 3.05) is 0 Å². The first kappa shape index (κ1) is 26.1. The summed E-state index contributed by atoms with van der Waals surface area (Å²) in [6, 6.07) is 12.6. The minimum atomic E-state index is -4.52. The molecule has 4 aromatic carbocycles. The van der Waals surface area contributed by atoms with Crippen molar-refractivity contribution in [3.63, 3.8) is 0 Å². The molecule has 0 aliphatic heterocycles. The summed E-state index contributed by atoms with van der Waals surface area (Å²) in [5.74, 6) is -0.899. The molecule has 0 saturated heterocycles. The van der Waals surface area contributed by atoms with E-state index in [0.717, 1.165) is 16.2 Å². The van der Waals surface area contributed by atoms with Gasteiger partial charge in [-0.05, 0) is 52.2 Å². The molecule has 12 heteroatoms. The number of hydrogen-bond acceptors (Lipinski definition) is 6. The zero-order valence-electron chi connectivity index (χ0n) is 19.3. The van der Waals surface area contributed by atoms with E-state index in [2.05, 4.69) is 0 Å². The van der Waals surface area contributed by atoms with Gasteiger partial charge in [0, 0.05) is 36.1 Å². The lowest BCUT2D eigenvalue weighted by atomic mass is 9.86. The van der Waals surface area contributed by atoms with E-state index in [0.29, 0.717) is 16.2 Å². The summed E-state index contributed by atoms with van der Waals surface area (Å²) in [7, 11) is -9.04. The topological polar surface area (TPSA) is 167 Å². The summed E-state index contributed by atoms with van der Waals surface area (Å²) in [5.41, 5.74) is 0.395. The van der Waals surface area contributed by atoms with E-state index in [4.69, 9.17) is 9.11 Å². The lowest BCUT2D eigenvalue weighted by Gasteiger charge is -2.18. The van der Waals surface area contributed by atoms with E-state index in [-0.39, 0.29) is 24.0 Å².